The predicted molar refractivity (Wildman–Crippen MR) is 159 cm³/mol. The fourth-order valence-corrected chi connectivity index (χ4v) is 7.44. The molecule has 2 aliphatic heterocycles. The highest BCUT2D eigenvalue weighted by Gasteiger charge is 2.43. The van der Waals surface area contributed by atoms with Crippen molar-refractivity contribution in [3.63, 3.8) is 0 Å². The van der Waals surface area contributed by atoms with Crippen LogP contribution in [0.4, 0.5) is 0 Å². The highest BCUT2D eigenvalue weighted by molar-refractivity contribution is 5.76. The predicted octanol–water partition coefficient (Wildman–Crippen LogP) is 5.03. The highest BCUT2D eigenvalue weighted by atomic mass is 16.4. The van der Waals surface area contributed by atoms with Crippen LogP contribution >= 0.6 is 0 Å². The van der Waals surface area contributed by atoms with E-state index in [2.05, 4.69) is 51.5 Å². The lowest BCUT2D eigenvalue weighted by Gasteiger charge is -2.35. The first-order valence-electron chi connectivity index (χ1n) is 15.5. The van der Waals surface area contributed by atoms with Crippen molar-refractivity contribution in [2.75, 3.05) is 32.7 Å². The number of carboxylic acids is 1. The third kappa shape index (κ3) is 7.75. The van der Waals surface area contributed by atoms with E-state index in [9.17, 15) is 14.7 Å². The Hall–Kier alpha value is -3.21. The zero-order valence-electron chi connectivity index (χ0n) is 24.1. The van der Waals surface area contributed by atoms with Gasteiger partial charge in [-0.1, -0.05) is 61.7 Å². The highest BCUT2D eigenvalue weighted by Crippen LogP contribution is 2.38. The minimum atomic E-state index is -0.650. The number of rotatable bonds is 10. The van der Waals surface area contributed by atoms with Gasteiger partial charge in [-0.15, -0.1) is 0 Å². The Balaban J connectivity index is 1.14. The molecule has 41 heavy (non-hydrogen) atoms. The molecular formula is C34H44N4O3. The average Bonchev–Trinajstić information content (AvgIpc) is 3.41. The second kappa shape index (κ2) is 14.1. The van der Waals surface area contributed by atoms with E-state index in [4.69, 9.17) is 5.26 Å². The Bertz CT molecular complexity index is 1180. The first-order valence-corrected chi connectivity index (χ1v) is 15.5. The van der Waals surface area contributed by atoms with E-state index < -0.39 is 5.97 Å². The van der Waals surface area contributed by atoms with Gasteiger partial charge in [-0.05, 0) is 79.8 Å². The molecule has 0 unspecified atom stereocenters. The van der Waals surface area contributed by atoms with Crippen molar-refractivity contribution in [2.45, 2.75) is 69.9 Å². The summed E-state index contributed by atoms with van der Waals surface area (Å²) < 4.78 is 0. The van der Waals surface area contributed by atoms with Crippen LogP contribution in [0.2, 0.25) is 0 Å². The van der Waals surface area contributed by atoms with Gasteiger partial charge in [0.05, 0.1) is 11.6 Å². The molecule has 7 nitrogen and oxygen atoms in total. The van der Waals surface area contributed by atoms with E-state index in [1.54, 1.807) is 12.1 Å². The number of nitrogens with zero attached hydrogens (tertiary/aromatic N) is 3. The summed E-state index contributed by atoms with van der Waals surface area (Å²) >= 11 is 0. The van der Waals surface area contributed by atoms with Gasteiger partial charge in [-0.2, -0.15) is 5.26 Å². The van der Waals surface area contributed by atoms with Crippen molar-refractivity contribution in [1.82, 2.24) is 15.1 Å². The molecule has 7 heteroatoms. The van der Waals surface area contributed by atoms with Crippen molar-refractivity contribution in [1.29, 1.82) is 5.26 Å². The van der Waals surface area contributed by atoms with Gasteiger partial charge < -0.3 is 15.3 Å². The third-order valence-electron chi connectivity index (χ3n) is 9.69. The van der Waals surface area contributed by atoms with Crippen molar-refractivity contribution in [3.8, 4) is 6.07 Å². The Kier molecular flexibility index (Phi) is 10.1. The summed E-state index contributed by atoms with van der Waals surface area (Å²) in [5.41, 5.74) is 2.94. The molecule has 0 aromatic heterocycles. The molecule has 2 aromatic rings. The number of hydrogen-bond donors (Lipinski definition) is 2. The number of carbonyl (C=O) groups excluding carboxylic acids is 1. The van der Waals surface area contributed by atoms with Gasteiger partial charge in [0.15, 0.2) is 0 Å². The molecular weight excluding hydrogens is 512 g/mol. The fourth-order valence-electron chi connectivity index (χ4n) is 7.44. The average molecular weight is 557 g/mol. The molecule has 0 spiro atoms. The van der Waals surface area contributed by atoms with Gasteiger partial charge >= 0.3 is 5.97 Å². The lowest BCUT2D eigenvalue weighted by molar-refractivity contribution is -0.145. The Morgan fingerprint density at radius 2 is 1.66 bits per heavy atom. The lowest BCUT2D eigenvalue weighted by atomic mass is 9.83. The summed E-state index contributed by atoms with van der Waals surface area (Å²) in [5, 5.41) is 22.3. The number of carbonyl (C=O) groups is 2. The third-order valence-corrected chi connectivity index (χ3v) is 9.69. The summed E-state index contributed by atoms with van der Waals surface area (Å²) in [6.07, 6.45) is 8.16. The number of benzene rings is 2. The molecule has 218 valence electrons. The number of likely N-dealkylation sites (tertiary alicyclic amines) is 2. The first kappa shape index (κ1) is 29.3. The van der Waals surface area contributed by atoms with Crippen LogP contribution in [0.5, 0.6) is 0 Å². The second-order valence-electron chi connectivity index (χ2n) is 12.4. The summed E-state index contributed by atoms with van der Waals surface area (Å²) in [4.78, 5) is 30.0. The van der Waals surface area contributed by atoms with Crippen LogP contribution in [0.1, 0.15) is 74.0 Å². The first-order chi connectivity index (χ1) is 20.0. The molecule has 2 N–H and O–H groups in total. The standard InChI is InChI=1S/C34H44N4O3/c35-20-26-11-13-27(14-12-26)21-36-32(39)19-25-15-17-37(18-16-25)22-30-23-38(24-31(30)28-7-3-1-4-8-28)33(34(40)41)29-9-5-2-6-10-29/h1,3-4,7-8,11-14,25,29-31,33H,2,5-6,9-10,15-19,21-24H2,(H,36,39)(H,40,41)/t30-,31+,33+/m0/s1. The number of aliphatic carboxylic acids is 1. The molecule has 1 saturated carbocycles. The summed E-state index contributed by atoms with van der Waals surface area (Å²) in [7, 11) is 0. The van der Waals surface area contributed by atoms with Gasteiger partial charge in [0.1, 0.15) is 6.04 Å². The summed E-state index contributed by atoms with van der Waals surface area (Å²) in [6.45, 7) is 5.08. The van der Waals surface area contributed by atoms with Gasteiger partial charge in [0.25, 0.3) is 0 Å². The molecule has 3 atom stereocenters. The maximum absolute atomic E-state index is 12.6. The molecule has 0 radical (unpaired) electrons. The maximum atomic E-state index is 12.6. The number of piperidine rings is 1. The summed E-state index contributed by atoms with van der Waals surface area (Å²) in [5.74, 6) is 0.825. The Morgan fingerprint density at radius 3 is 2.32 bits per heavy atom. The normalized spacial score (nSPS) is 23.6. The molecule has 0 bridgehead atoms. The topological polar surface area (TPSA) is 96.7 Å². The molecule has 3 aliphatic rings. The van der Waals surface area contributed by atoms with Crippen LogP contribution < -0.4 is 5.32 Å². The smallest absolute Gasteiger partial charge is 0.321 e. The van der Waals surface area contributed by atoms with E-state index in [0.29, 0.717) is 36.3 Å². The van der Waals surface area contributed by atoms with Crippen molar-refractivity contribution >= 4 is 11.9 Å². The van der Waals surface area contributed by atoms with Crippen LogP contribution in [0.15, 0.2) is 54.6 Å². The van der Waals surface area contributed by atoms with E-state index in [0.717, 1.165) is 76.8 Å². The van der Waals surface area contributed by atoms with Crippen molar-refractivity contribution in [3.05, 3.63) is 71.3 Å². The van der Waals surface area contributed by atoms with E-state index in [-0.39, 0.29) is 17.9 Å². The zero-order valence-corrected chi connectivity index (χ0v) is 24.1. The number of nitrogens with one attached hydrogen (secondary N) is 1. The number of hydrogen-bond acceptors (Lipinski definition) is 5. The molecule has 5 rings (SSSR count). The minimum absolute atomic E-state index is 0.0887. The largest absolute Gasteiger partial charge is 0.480 e. The monoisotopic (exact) mass is 556 g/mol. The summed E-state index contributed by atoms with van der Waals surface area (Å²) in [6, 6.07) is 19.7. The van der Waals surface area contributed by atoms with Crippen LogP contribution in [0.3, 0.4) is 0 Å². The quantitative estimate of drug-likeness (QED) is 0.426. The van der Waals surface area contributed by atoms with E-state index in [1.807, 2.05) is 12.1 Å². The molecule has 1 aliphatic carbocycles. The van der Waals surface area contributed by atoms with Gasteiger partial charge in [0, 0.05) is 38.5 Å². The molecule has 2 heterocycles. The van der Waals surface area contributed by atoms with Crippen molar-refractivity contribution in [2.24, 2.45) is 17.8 Å². The van der Waals surface area contributed by atoms with E-state index in [1.165, 1.54) is 12.0 Å². The molecule has 2 saturated heterocycles. The van der Waals surface area contributed by atoms with E-state index >= 15 is 0 Å². The SMILES string of the molecule is N#Cc1ccc(CNC(=O)CC2CCN(C[C@H]3CN([C@@H](C(=O)O)C4CCCCC4)C[C@@H]3c3ccccc3)CC2)cc1. The van der Waals surface area contributed by atoms with Crippen LogP contribution in [-0.4, -0.2) is 65.5 Å². The Labute approximate surface area is 244 Å². The van der Waals surface area contributed by atoms with Gasteiger partial charge in [-0.25, -0.2) is 0 Å². The lowest BCUT2D eigenvalue weighted by Crippen LogP contribution is -2.46. The minimum Gasteiger partial charge on any atom is -0.480 e. The molecule has 2 aromatic carbocycles. The van der Waals surface area contributed by atoms with Crippen LogP contribution in [-0.2, 0) is 16.1 Å². The number of nitriles is 1. The molecule has 1 amide bonds. The zero-order chi connectivity index (χ0) is 28.6. The molecule has 3 fully saturated rings. The fraction of sp³-hybridized carbons (Fsp3) is 0.559. The van der Waals surface area contributed by atoms with Crippen LogP contribution in [0.25, 0.3) is 0 Å². The van der Waals surface area contributed by atoms with Crippen LogP contribution in [0, 0.1) is 29.1 Å². The van der Waals surface area contributed by atoms with Crippen molar-refractivity contribution < 1.29 is 14.7 Å². The maximum Gasteiger partial charge on any atom is 0.321 e. The number of amides is 1. The Morgan fingerprint density at radius 1 is 0.951 bits per heavy atom. The van der Waals surface area contributed by atoms with Gasteiger partial charge in [0.2, 0.25) is 5.91 Å². The van der Waals surface area contributed by atoms with Gasteiger partial charge in [-0.3, -0.25) is 14.5 Å². The number of carboxylic acid groups (broad SMARTS) is 1. The second-order valence-corrected chi connectivity index (χ2v) is 12.4.